The van der Waals surface area contributed by atoms with Gasteiger partial charge in [-0.15, -0.1) is 0 Å². The molecule has 59 heavy (non-hydrogen) atoms. The fourth-order valence-electron chi connectivity index (χ4n) is 7.19. The van der Waals surface area contributed by atoms with Gasteiger partial charge in [-0.3, -0.25) is 0 Å². The first-order valence-electron chi connectivity index (χ1n) is 19.6. The van der Waals surface area contributed by atoms with Crippen LogP contribution in [0.25, 0.3) is 0 Å². The normalized spacial score (nSPS) is 18.8. The molecule has 0 bridgehead atoms. The Balaban J connectivity index is 0.000000224. The molecule has 1 N–H and O–H groups in total. The summed E-state index contributed by atoms with van der Waals surface area (Å²) in [5, 5.41) is 9.66. The molecule has 4 heterocycles. The number of hydrogen-bond acceptors (Lipinski definition) is 14. The summed E-state index contributed by atoms with van der Waals surface area (Å²) in [6.45, 7) is 16.0. The van der Waals surface area contributed by atoms with E-state index in [0.29, 0.717) is 74.0 Å². The van der Waals surface area contributed by atoms with Crippen molar-refractivity contribution in [1.82, 2.24) is 19.9 Å². The number of rotatable bonds is 11. The van der Waals surface area contributed by atoms with Gasteiger partial charge >= 0.3 is 0 Å². The summed E-state index contributed by atoms with van der Waals surface area (Å²) in [5.41, 5.74) is 2.96. The van der Waals surface area contributed by atoms with Gasteiger partial charge in [-0.05, 0) is 62.1 Å². The van der Waals surface area contributed by atoms with Gasteiger partial charge in [0.25, 0.3) is 0 Å². The van der Waals surface area contributed by atoms with Gasteiger partial charge in [-0.2, -0.15) is 0 Å². The number of halogens is 2. The lowest BCUT2D eigenvalue weighted by Gasteiger charge is -2.44. The smallest absolute Gasteiger partial charge is 0.225 e. The van der Waals surface area contributed by atoms with Crippen molar-refractivity contribution in [3.05, 3.63) is 83.9 Å². The first kappa shape index (κ1) is 45.6. The van der Waals surface area contributed by atoms with Gasteiger partial charge in [0.05, 0.1) is 24.3 Å². The van der Waals surface area contributed by atoms with E-state index in [-0.39, 0.29) is 33.9 Å². The fourth-order valence-corrected chi connectivity index (χ4v) is 8.71. The van der Waals surface area contributed by atoms with E-state index in [1.54, 1.807) is 51.0 Å². The molecule has 2 aromatic carbocycles. The van der Waals surface area contributed by atoms with Crippen molar-refractivity contribution in [3.63, 3.8) is 0 Å². The second-order valence-corrected chi connectivity index (χ2v) is 19.8. The molecule has 0 radical (unpaired) electrons. The van der Waals surface area contributed by atoms with Crippen LogP contribution in [0, 0.1) is 23.5 Å². The summed E-state index contributed by atoms with van der Waals surface area (Å²) in [4.78, 5) is 25.9. The Morgan fingerprint density at radius 1 is 0.644 bits per heavy atom. The predicted molar refractivity (Wildman–Crippen MR) is 226 cm³/mol. The molecule has 2 fully saturated rings. The number of anilines is 4. The van der Waals surface area contributed by atoms with Crippen molar-refractivity contribution in [1.29, 1.82) is 0 Å². The highest BCUT2D eigenvalue weighted by atomic mass is 32.2. The molecule has 2 saturated heterocycles. The molecule has 2 aliphatic rings. The van der Waals surface area contributed by atoms with Gasteiger partial charge in [0.1, 0.15) is 21.4 Å². The summed E-state index contributed by atoms with van der Waals surface area (Å²) in [6, 6.07) is 8.73. The Morgan fingerprint density at radius 3 is 1.34 bits per heavy atom. The van der Waals surface area contributed by atoms with Crippen molar-refractivity contribution >= 4 is 42.9 Å². The second-order valence-electron chi connectivity index (χ2n) is 15.9. The van der Waals surface area contributed by atoms with Crippen LogP contribution in [0.4, 0.5) is 32.1 Å². The van der Waals surface area contributed by atoms with Gasteiger partial charge < -0.3 is 29.4 Å². The summed E-state index contributed by atoms with van der Waals surface area (Å²) >= 11 is 0. The average molecular weight is 859 g/mol. The van der Waals surface area contributed by atoms with E-state index >= 15 is 0 Å². The lowest BCUT2D eigenvalue weighted by molar-refractivity contribution is 0.119. The third-order valence-corrected chi connectivity index (χ3v) is 13.1. The first-order chi connectivity index (χ1) is 27.7. The minimum Gasteiger partial charge on any atom is -0.389 e. The summed E-state index contributed by atoms with van der Waals surface area (Å²) in [6.07, 6.45) is 8.19. The summed E-state index contributed by atoms with van der Waals surface area (Å²) < 4.78 is 80.8. The Bertz CT molecular complexity index is 2270. The topological polar surface area (TPSA) is 162 Å². The minimum absolute atomic E-state index is 0.0701. The molecule has 14 nitrogen and oxygen atoms in total. The molecule has 322 valence electrons. The summed E-state index contributed by atoms with van der Waals surface area (Å²) in [5.74, 6) is 0.400. The summed E-state index contributed by atoms with van der Waals surface area (Å²) in [7, 11) is -5.63. The van der Waals surface area contributed by atoms with Crippen LogP contribution in [0.1, 0.15) is 64.9 Å². The minimum atomic E-state index is -3.64. The van der Waals surface area contributed by atoms with Crippen LogP contribution >= 0.6 is 0 Å². The third kappa shape index (κ3) is 11.0. The number of ether oxygens (including phenoxy) is 1. The van der Waals surface area contributed by atoms with Crippen molar-refractivity contribution in [2.75, 3.05) is 78.5 Å². The van der Waals surface area contributed by atoms with Crippen LogP contribution in [0.15, 0.2) is 71.0 Å². The van der Waals surface area contributed by atoms with Crippen molar-refractivity contribution in [2.24, 2.45) is 11.8 Å². The molecule has 0 spiro atoms. The molecule has 6 rings (SSSR count). The quantitative estimate of drug-likeness (QED) is 0.201. The zero-order valence-corrected chi connectivity index (χ0v) is 36.8. The maximum atomic E-state index is 14.0. The van der Waals surface area contributed by atoms with Gasteiger partial charge in [0.15, 0.2) is 19.7 Å². The van der Waals surface area contributed by atoms with E-state index in [2.05, 4.69) is 67.2 Å². The van der Waals surface area contributed by atoms with Gasteiger partial charge in [0.2, 0.25) is 11.9 Å². The first-order valence-corrected chi connectivity index (χ1v) is 23.3. The van der Waals surface area contributed by atoms with Gasteiger partial charge in [-0.1, -0.05) is 27.7 Å². The number of aliphatic hydroxyl groups excluding tert-OH is 1. The molecular weight excluding hydrogens is 803 g/mol. The van der Waals surface area contributed by atoms with Crippen molar-refractivity contribution < 1.29 is 35.5 Å². The van der Waals surface area contributed by atoms with Crippen LogP contribution in [0.3, 0.4) is 0 Å². The van der Waals surface area contributed by atoms with E-state index in [4.69, 9.17) is 4.74 Å². The molecule has 2 aromatic heterocycles. The monoisotopic (exact) mass is 858 g/mol. The van der Waals surface area contributed by atoms with E-state index in [1.807, 2.05) is 6.92 Å². The average Bonchev–Trinajstić information content (AvgIpc) is 3.20. The molecule has 4 aromatic rings. The van der Waals surface area contributed by atoms with Crippen LogP contribution < -0.4 is 19.6 Å². The van der Waals surface area contributed by atoms with Crippen molar-refractivity contribution in [2.45, 2.75) is 75.6 Å². The van der Waals surface area contributed by atoms with E-state index in [1.165, 1.54) is 24.3 Å². The zero-order chi connectivity index (χ0) is 43.4. The molecule has 2 aliphatic heterocycles. The standard InChI is InChI=1S/C21H29FN4O3S.C20H27FN4O3S/c1-14(2)19-13-25(17-6-7-18(22)20(10-17)30(5,27)28)8-9-26(19)21-23-11-16(12-24-21)15(3)29-4;1-13(2)18-12-24(16-5-6-17(21)19(9-16)29(4,27)28)7-8-25(18)20-22-10-15(11-23-20)14(3)26/h6-7,10-12,14-15,19H,8-9,13H2,1-5H3;5-6,9-11,13-14,18,26H,7-8,12H2,1-4H3/t15?,19-;14?,18-/m00/s1. The Hall–Kier alpha value is -4.52. The molecule has 0 saturated carbocycles. The molecular formula is C41H56F2N8O6S2. The largest absolute Gasteiger partial charge is 0.389 e. The third-order valence-electron chi connectivity index (χ3n) is 10.9. The molecule has 2 unspecified atom stereocenters. The molecule has 4 atom stereocenters. The van der Waals surface area contributed by atoms with E-state index in [9.17, 15) is 30.7 Å². The van der Waals surface area contributed by atoms with Crippen molar-refractivity contribution in [3.8, 4) is 0 Å². The molecule has 0 aliphatic carbocycles. The second kappa shape index (κ2) is 18.8. The number of aromatic nitrogens is 4. The molecule has 0 amide bonds. The predicted octanol–water partition coefficient (Wildman–Crippen LogP) is 5.50. The number of sulfone groups is 2. The van der Waals surface area contributed by atoms with Crippen LogP contribution in [-0.2, 0) is 24.4 Å². The Labute approximate surface area is 347 Å². The van der Waals surface area contributed by atoms with Gasteiger partial charge in [0, 0.05) is 106 Å². The number of benzene rings is 2. The number of hydrogen-bond donors (Lipinski definition) is 1. The number of piperazine rings is 2. The van der Waals surface area contributed by atoms with Gasteiger partial charge in [-0.25, -0.2) is 45.6 Å². The maximum absolute atomic E-state index is 14.0. The zero-order valence-electron chi connectivity index (χ0n) is 35.1. The SMILES string of the molecule is CC(O)c1cnc(N2CCN(c3ccc(F)c(S(C)(=O)=O)c3)C[C@H]2C(C)C)nc1.COC(C)c1cnc(N2CCN(c3ccc(F)c(S(C)(=O)=O)c3)C[C@H]2C(C)C)nc1. The highest BCUT2D eigenvalue weighted by molar-refractivity contribution is 7.91. The highest BCUT2D eigenvalue weighted by Gasteiger charge is 2.33. The molecule has 18 heteroatoms. The number of aliphatic hydroxyl groups is 1. The maximum Gasteiger partial charge on any atom is 0.225 e. The highest BCUT2D eigenvalue weighted by Crippen LogP contribution is 2.30. The Morgan fingerprint density at radius 2 is 1.02 bits per heavy atom. The van der Waals surface area contributed by atoms with Crippen LogP contribution in [0.5, 0.6) is 0 Å². The fraction of sp³-hybridized carbons (Fsp3) is 0.512. The number of methoxy groups -OCH3 is 1. The van der Waals surface area contributed by atoms with Crippen LogP contribution in [-0.4, -0.2) is 113 Å². The lowest BCUT2D eigenvalue weighted by atomic mass is 9.99. The van der Waals surface area contributed by atoms with E-state index < -0.39 is 37.4 Å². The lowest BCUT2D eigenvalue weighted by Crippen LogP contribution is -2.56. The Kier molecular flexibility index (Phi) is 14.5. The van der Waals surface area contributed by atoms with E-state index in [0.717, 1.165) is 18.1 Å². The number of nitrogens with zero attached hydrogens (tertiary/aromatic N) is 8. The van der Waals surface area contributed by atoms with Crippen LogP contribution in [0.2, 0.25) is 0 Å².